The summed E-state index contributed by atoms with van der Waals surface area (Å²) < 4.78 is 36.8. The van der Waals surface area contributed by atoms with E-state index in [2.05, 4.69) is 10.5 Å². The van der Waals surface area contributed by atoms with E-state index in [-0.39, 0.29) is 30.2 Å². The van der Waals surface area contributed by atoms with E-state index in [1.165, 1.54) is 12.1 Å². The number of hydrogen-bond acceptors (Lipinski definition) is 4. The van der Waals surface area contributed by atoms with Gasteiger partial charge in [0, 0.05) is 12.1 Å². The Morgan fingerprint density at radius 1 is 1.15 bits per heavy atom. The monoisotopic (exact) mass is 358 g/mol. The molecule has 0 atom stereocenters. The van der Waals surface area contributed by atoms with E-state index in [9.17, 15) is 13.6 Å². The Hall–Kier alpha value is -3.22. The summed E-state index contributed by atoms with van der Waals surface area (Å²) in [5.41, 5.74) is 1.39. The van der Waals surface area contributed by atoms with Crippen LogP contribution in [0.15, 0.2) is 53.1 Å². The fourth-order valence-corrected chi connectivity index (χ4v) is 2.39. The first-order valence-corrected chi connectivity index (χ1v) is 7.86. The van der Waals surface area contributed by atoms with Crippen molar-refractivity contribution in [2.45, 2.75) is 13.0 Å². The van der Waals surface area contributed by atoms with Crippen molar-refractivity contribution in [2.75, 3.05) is 7.11 Å². The highest BCUT2D eigenvalue weighted by atomic mass is 19.1. The van der Waals surface area contributed by atoms with Crippen LogP contribution in [0, 0.1) is 11.6 Å². The summed E-state index contributed by atoms with van der Waals surface area (Å²) in [5, 5.41) is 6.51. The van der Waals surface area contributed by atoms with Crippen molar-refractivity contribution in [3.8, 4) is 17.1 Å². The van der Waals surface area contributed by atoms with Crippen LogP contribution in [-0.4, -0.2) is 18.2 Å². The maximum atomic E-state index is 13.7. The van der Waals surface area contributed by atoms with Gasteiger partial charge < -0.3 is 14.6 Å². The summed E-state index contributed by atoms with van der Waals surface area (Å²) in [5.74, 6) is -0.708. The van der Waals surface area contributed by atoms with Gasteiger partial charge in [-0.25, -0.2) is 8.78 Å². The first-order valence-electron chi connectivity index (χ1n) is 7.86. The normalized spacial score (nSPS) is 10.6. The van der Waals surface area contributed by atoms with Gasteiger partial charge in [0.25, 0.3) is 0 Å². The summed E-state index contributed by atoms with van der Waals surface area (Å²) in [6, 6.07) is 11.9. The van der Waals surface area contributed by atoms with Gasteiger partial charge in [-0.1, -0.05) is 17.3 Å². The summed E-state index contributed by atoms with van der Waals surface area (Å²) in [7, 11) is 1.58. The molecule has 5 nitrogen and oxygen atoms in total. The first-order chi connectivity index (χ1) is 12.5. The van der Waals surface area contributed by atoms with Gasteiger partial charge in [-0.3, -0.25) is 4.79 Å². The highest BCUT2D eigenvalue weighted by Crippen LogP contribution is 2.24. The quantitative estimate of drug-likeness (QED) is 0.733. The van der Waals surface area contributed by atoms with E-state index in [1.807, 2.05) is 12.1 Å². The number of rotatable bonds is 6. The molecule has 26 heavy (non-hydrogen) atoms. The molecule has 3 rings (SSSR count). The van der Waals surface area contributed by atoms with E-state index < -0.39 is 11.6 Å². The fourth-order valence-electron chi connectivity index (χ4n) is 2.39. The van der Waals surface area contributed by atoms with Gasteiger partial charge in [-0.15, -0.1) is 0 Å². The SMILES string of the molecule is COc1ccc(CC(=O)NCc2cc(-c3ccc(F)cc3F)on2)cc1. The number of methoxy groups -OCH3 is 1. The Morgan fingerprint density at radius 2 is 1.92 bits per heavy atom. The Kier molecular flexibility index (Phi) is 5.26. The molecule has 0 aliphatic carbocycles. The number of amides is 1. The average molecular weight is 358 g/mol. The highest BCUT2D eigenvalue weighted by Gasteiger charge is 2.13. The summed E-state index contributed by atoms with van der Waals surface area (Å²) >= 11 is 0. The van der Waals surface area contributed by atoms with Crippen LogP contribution in [0.4, 0.5) is 8.78 Å². The zero-order chi connectivity index (χ0) is 18.5. The molecule has 2 aromatic carbocycles. The van der Waals surface area contributed by atoms with Crippen LogP contribution in [0.25, 0.3) is 11.3 Å². The lowest BCUT2D eigenvalue weighted by Gasteiger charge is -2.04. The number of benzene rings is 2. The van der Waals surface area contributed by atoms with Crippen molar-refractivity contribution < 1.29 is 22.8 Å². The second kappa shape index (κ2) is 7.77. The van der Waals surface area contributed by atoms with Crippen molar-refractivity contribution in [1.82, 2.24) is 10.5 Å². The minimum absolute atomic E-state index is 0.106. The van der Waals surface area contributed by atoms with Gasteiger partial charge in [-0.2, -0.15) is 0 Å². The maximum absolute atomic E-state index is 13.7. The van der Waals surface area contributed by atoms with Crippen LogP contribution >= 0.6 is 0 Å². The van der Waals surface area contributed by atoms with E-state index in [4.69, 9.17) is 9.26 Å². The molecule has 3 aromatic rings. The number of aromatic nitrogens is 1. The largest absolute Gasteiger partial charge is 0.497 e. The number of halogens is 2. The molecule has 0 unspecified atom stereocenters. The Bertz CT molecular complexity index is 907. The van der Waals surface area contributed by atoms with Crippen molar-refractivity contribution in [2.24, 2.45) is 0 Å². The molecule has 0 saturated heterocycles. The Morgan fingerprint density at radius 3 is 2.62 bits per heavy atom. The standard InChI is InChI=1S/C19H16F2N2O3/c1-25-15-5-2-12(3-6-15)8-19(24)22-11-14-10-18(26-23-14)16-7-4-13(20)9-17(16)21/h2-7,9-10H,8,11H2,1H3,(H,22,24). The summed E-state index contributed by atoms with van der Waals surface area (Å²) in [6.07, 6.45) is 0.210. The lowest BCUT2D eigenvalue weighted by atomic mass is 10.1. The molecule has 134 valence electrons. The number of nitrogens with zero attached hydrogens (tertiary/aromatic N) is 1. The van der Waals surface area contributed by atoms with Gasteiger partial charge in [-0.05, 0) is 29.8 Å². The third kappa shape index (κ3) is 4.24. The summed E-state index contributed by atoms with van der Waals surface area (Å²) in [4.78, 5) is 12.0. The van der Waals surface area contributed by atoms with Gasteiger partial charge in [0.2, 0.25) is 5.91 Å². The molecule has 1 aromatic heterocycles. The van der Waals surface area contributed by atoms with Crippen molar-refractivity contribution in [3.05, 3.63) is 71.4 Å². The molecule has 1 N–H and O–H groups in total. The molecule has 0 spiro atoms. The number of nitrogens with one attached hydrogen (secondary N) is 1. The van der Waals surface area contributed by atoms with Crippen molar-refractivity contribution in [1.29, 1.82) is 0 Å². The highest BCUT2D eigenvalue weighted by molar-refractivity contribution is 5.78. The van der Waals surface area contributed by atoms with Crippen LogP contribution in [0.2, 0.25) is 0 Å². The lowest BCUT2D eigenvalue weighted by molar-refractivity contribution is -0.120. The maximum Gasteiger partial charge on any atom is 0.224 e. The van der Waals surface area contributed by atoms with Crippen LogP contribution in [0.1, 0.15) is 11.3 Å². The second-order valence-corrected chi connectivity index (χ2v) is 5.61. The Balaban J connectivity index is 1.58. The zero-order valence-electron chi connectivity index (χ0n) is 14.0. The number of carbonyl (C=O) groups is 1. The third-order valence-corrected chi connectivity index (χ3v) is 3.75. The van der Waals surface area contributed by atoms with E-state index in [0.29, 0.717) is 5.69 Å². The van der Waals surface area contributed by atoms with Gasteiger partial charge in [0.05, 0.1) is 25.6 Å². The molecule has 1 amide bonds. The molecule has 0 aliphatic rings. The predicted molar refractivity (Wildman–Crippen MR) is 90.4 cm³/mol. The molecule has 0 bridgehead atoms. The zero-order valence-corrected chi connectivity index (χ0v) is 14.0. The first kappa shape index (κ1) is 17.6. The average Bonchev–Trinajstić information content (AvgIpc) is 3.09. The number of hydrogen-bond donors (Lipinski definition) is 1. The molecule has 0 saturated carbocycles. The minimum Gasteiger partial charge on any atom is -0.497 e. The molecular formula is C19H16F2N2O3. The molecule has 1 heterocycles. The van der Waals surface area contributed by atoms with Crippen LogP contribution in [0.5, 0.6) is 5.75 Å². The lowest BCUT2D eigenvalue weighted by Crippen LogP contribution is -2.24. The van der Waals surface area contributed by atoms with Crippen molar-refractivity contribution >= 4 is 5.91 Å². The number of ether oxygens (including phenoxy) is 1. The van der Waals surface area contributed by atoms with E-state index in [0.717, 1.165) is 23.4 Å². The van der Waals surface area contributed by atoms with Crippen LogP contribution in [0.3, 0.4) is 0 Å². The smallest absolute Gasteiger partial charge is 0.224 e. The van der Waals surface area contributed by atoms with Gasteiger partial charge in [0.1, 0.15) is 23.1 Å². The molecule has 0 aliphatic heterocycles. The molecular weight excluding hydrogens is 342 g/mol. The van der Waals surface area contributed by atoms with Crippen LogP contribution < -0.4 is 10.1 Å². The number of carbonyl (C=O) groups excluding carboxylic acids is 1. The fraction of sp³-hybridized carbons (Fsp3) is 0.158. The van der Waals surface area contributed by atoms with E-state index >= 15 is 0 Å². The minimum atomic E-state index is -0.740. The Labute approximate surface area is 148 Å². The summed E-state index contributed by atoms with van der Waals surface area (Å²) in [6.45, 7) is 0.140. The third-order valence-electron chi connectivity index (χ3n) is 3.75. The predicted octanol–water partition coefficient (Wildman–Crippen LogP) is 3.49. The van der Waals surface area contributed by atoms with Gasteiger partial charge >= 0.3 is 0 Å². The van der Waals surface area contributed by atoms with Crippen LogP contribution in [-0.2, 0) is 17.8 Å². The van der Waals surface area contributed by atoms with E-state index in [1.54, 1.807) is 19.2 Å². The topological polar surface area (TPSA) is 64.4 Å². The van der Waals surface area contributed by atoms with Gasteiger partial charge in [0.15, 0.2) is 5.76 Å². The second-order valence-electron chi connectivity index (χ2n) is 5.61. The van der Waals surface area contributed by atoms with Crippen molar-refractivity contribution in [3.63, 3.8) is 0 Å². The molecule has 0 fully saturated rings. The molecule has 7 heteroatoms. The molecule has 0 radical (unpaired) electrons.